The van der Waals surface area contributed by atoms with Gasteiger partial charge in [0.1, 0.15) is 4.90 Å². The molecule has 3 aromatic carbocycles. The van der Waals surface area contributed by atoms with Crippen LogP contribution in [0.25, 0.3) is 11.3 Å². The molecule has 0 spiro atoms. The lowest BCUT2D eigenvalue weighted by molar-refractivity contribution is 0.390. The molecule has 1 heterocycles. The van der Waals surface area contributed by atoms with E-state index in [4.69, 9.17) is 32.1 Å². The van der Waals surface area contributed by atoms with Crippen molar-refractivity contribution in [1.82, 2.24) is 4.98 Å². The highest BCUT2D eigenvalue weighted by Gasteiger charge is 2.19. The van der Waals surface area contributed by atoms with Crippen molar-refractivity contribution < 1.29 is 17.3 Å². The van der Waals surface area contributed by atoms with Crippen molar-refractivity contribution in [2.45, 2.75) is 4.90 Å². The van der Waals surface area contributed by atoms with Gasteiger partial charge in [-0.2, -0.15) is 13.5 Å². The Morgan fingerprint density at radius 2 is 1.82 bits per heavy atom. The maximum atomic E-state index is 12.5. The normalized spacial score (nSPS) is 11.5. The van der Waals surface area contributed by atoms with Gasteiger partial charge in [0.05, 0.1) is 24.0 Å². The van der Waals surface area contributed by atoms with E-state index in [1.54, 1.807) is 54.7 Å². The number of aromatic nitrogens is 1. The second-order valence-electron chi connectivity index (χ2n) is 6.79. The van der Waals surface area contributed by atoms with Gasteiger partial charge in [0.15, 0.2) is 11.5 Å². The fourth-order valence-corrected chi connectivity index (χ4v) is 5.02. The number of methoxy groups -OCH3 is 1. The van der Waals surface area contributed by atoms with E-state index >= 15 is 0 Å². The number of benzene rings is 3. The van der Waals surface area contributed by atoms with Gasteiger partial charge in [0, 0.05) is 16.0 Å². The number of halogens is 2. The number of nitrogens with zero attached hydrogens (tertiary/aromatic N) is 2. The molecule has 0 saturated carbocycles. The van der Waals surface area contributed by atoms with E-state index in [0.29, 0.717) is 26.4 Å². The summed E-state index contributed by atoms with van der Waals surface area (Å²) in [6.45, 7) is 0. The third kappa shape index (κ3) is 5.68. The molecule has 0 fully saturated rings. The van der Waals surface area contributed by atoms with E-state index in [1.165, 1.54) is 36.6 Å². The molecule has 0 saturated heterocycles. The molecule has 4 aromatic rings. The smallest absolute Gasteiger partial charge is 0.339 e. The molecule has 1 N–H and O–H groups in total. The number of ether oxygens (including phenoxy) is 1. The number of rotatable bonds is 8. The van der Waals surface area contributed by atoms with E-state index in [-0.39, 0.29) is 16.4 Å². The van der Waals surface area contributed by atoms with Gasteiger partial charge < -0.3 is 8.92 Å². The minimum absolute atomic E-state index is 0.0506. The summed E-state index contributed by atoms with van der Waals surface area (Å²) in [7, 11) is -2.56. The molecule has 7 nitrogen and oxygen atoms in total. The summed E-state index contributed by atoms with van der Waals surface area (Å²) < 4.78 is 35.5. The highest BCUT2D eigenvalue weighted by atomic mass is 35.5. The quantitative estimate of drug-likeness (QED) is 0.161. The topological polar surface area (TPSA) is 89.9 Å². The van der Waals surface area contributed by atoms with Crippen LogP contribution in [0, 0.1) is 0 Å². The van der Waals surface area contributed by atoms with E-state index < -0.39 is 10.1 Å². The van der Waals surface area contributed by atoms with E-state index in [0.717, 1.165) is 5.56 Å². The first-order chi connectivity index (χ1) is 16.4. The fourth-order valence-electron chi connectivity index (χ4n) is 2.89. The number of nitrogens with one attached hydrogen (secondary N) is 1. The predicted octanol–water partition coefficient (Wildman–Crippen LogP) is 6.34. The standard InChI is InChI=1S/C23H17Cl2N3O4S2/c1-31-22-11-15(7-10-21(22)32-34(29,30)17-5-3-2-4-6-17)13-26-28-23-27-20(14-33-23)18-9-8-16(24)12-19(18)25/h2-14H,1H3,(H,27,28)/b26-13+. The molecule has 0 amide bonds. The summed E-state index contributed by atoms with van der Waals surface area (Å²) in [5.41, 5.74) is 4.99. The van der Waals surface area contributed by atoms with Crippen LogP contribution in [0.3, 0.4) is 0 Å². The molecule has 174 valence electrons. The van der Waals surface area contributed by atoms with Gasteiger partial charge in [0.25, 0.3) is 0 Å². The van der Waals surface area contributed by atoms with Crippen molar-refractivity contribution in [3.8, 4) is 22.8 Å². The minimum atomic E-state index is -3.99. The highest BCUT2D eigenvalue weighted by molar-refractivity contribution is 7.87. The van der Waals surface area contributed by atoms with Gasteiger partial charge in [-0.05, 0) is 54.1 Å². The lowest BCUT2D eigenvalue weighted by Gasteiger charge is -2.11. The Balaban J connectivity index is 1.45. The first-order valence-electron chi connectivity index (χ1n) is 9.73. The van der Waals surface area contributed by atoms with E-state index in [2.05, 4.69) is 15.5 Å². The molecule has 0 unspecified atom stereocenters. The monoisotopic (exact) mass is 533 g/mol. The lowest BCUT2D eigenvalue weighted by Crippen LogP contribution is -2.10. The zero-order valence-electron chi connectivity index (χ0n) is 17.6. The average Bonchev–Trinajstić information content (AvgIpc) is 3.29. The molecule has 0 atom stereocenters. The minimum Gasteiger partial charge on any atom is -0.493 e. The molecular formula is C23H17Cl2N3O4S2. The molecule has 0 aliphatic rings. The van der Waals surface area contributed by atoms with E-state index in [9.17, 15) is 8.42 Å². The van der Waals surface area contributed by atoms with E-state index in [1.807, 2.05) is 5.38 Å². The summed E-state index contributed by atoms with van der Waals surface area (Å²) in [6.07, 6.45) is 1.55. The summed E-state index contributed by atoms with van der Waals surface area (Å²) >= 11 is 13.6. The molecule has 0 aliphatic carbocycles. The van der Waals surface area contributed by atoms with Gasteiger partial charge in [-0.1, -0.05) is 41.4 Å². The van der Waals surface area contributed by atoms with Crippen molar-refractivity contribution in [2.75, 3.05) is 12.5 Å². The second kappa shape index (κ2) is 10.4. The molecule has 0 aliphatic heterocycles. The van der Waals surface area contributed by atoms with Crippen LogP contribution in [-0.2, 0) is 10.1 Å². The Morgan fingerprint density at radius 3 is 2.56 bits per heavy atom. The summed E-state index contributed by atoms with van der Waals surface area (Å²) in [5, 5.41) is 7.67. The summed E-state index contributed by atoms with van der Waals surface area (Å²) in [6, 6.07) is 17.9. The molecule has 4 rings (SSSR count). The molecule has 34 heavy (non-hydrogen) atoms. The van der Waals surface area contributed by atoms with Crippen molar-refractivity contribution in [3.63, 3.8) is 0 Å². The van der Waals surface area contributed by atoms with Crippen LogP contribution in [0.5, 0.6) is 11.5 Å². The number of anilines is 1. The first kappa shape index (κ1) is 24.0. The number of hydrazone groups is 1. The lowest BCUT2D eigenvalue weighted by atomic mass is 10.2. The number of thiazole rings is 1. The van der Waals surface area contributed by atoms with Crippen molar-refractivity contribution in [3.05, 3.63) is 87.7 Å². The number of hydrogen-bond donors (Lipinski definition) is 1. The largest absolute Gasteiger partial charge is 0.493 e. The average molecular weight is 534 g/mol. The Bertz CT molecular complexity index is 1440. The van der Waals surface area contributed by atoms with Gasteiger partial charge in [-0.3, -0.25) is 5.43 Å². The second-order valence-corrected chi connectivity index (χ2v) is 10.0. The number of hydrogen-bond acceptors (Lipinski definition) is 8. The zero-order chi connectivity index (χ0) is 24.1. The van der Waals surface area contributed by atoms with Crippen LogP contribution in [0.15, 0.2) is 82.1 Å². The van der Waals surface area contributed by atoms with Crippen LogP contribution in [0.4, 0.5) is 5.13 Å². The van der Waals surface area contributed by atoms with Crippen molar-refractivity contribution >= 4 is 56.0 Å². The molecular weight excluding hydrogens is 517 g/mol. The van der Waals surface area contributed by atoms with Crippen molar-refractivity contribution in [2.24, 2.45) is 5.10 Å². The van der Waals surface area contributed by atoms with Crippen LogP contribution in [-0.4, -0.2) is 26.7 Å². The Kier molecular flexibility index (Phi) is 7.38. The van der Waals surface area contributed by atoms with Crippen LogP contribution in [0.1, 0.15) is 5.56 Å². The Labute approximate surface area is 210 Å². The van der Waals surface area contributed by atoms with Crippen molar-refractivity contribution in [1.29, 1.82) is 0 Å². The van der Waals surface area contributed by atoms with Gasteiger partial charge >= 0.3 is 10.1 Å². The van der Waals surface area contributed by atoms with Gasteiger partial charge in [-0.15, -0.1) is 11.3 Å². The predicted molar refractivity (Wildman–Crippen MR) is 136 cm³/mol. The third-order valence-electron chi connectivity index (χ3n) is 4.50. The Morgan fingerprint density at radius 1 is 1.03 bits per heavy atom. The van der Waals surface area contributed by atoms with Gasteiger partial charge in [-0.25, -0.2) is 4.98 Å². The molecule has 11 heteroatoms. The van der Waals surface area contributed by atoms with Crippen LogP contribution < -0.4 is 14.3 Å². The Hall–Kier alpha value is -3.11. The zero-order valence-corrected chi connectivity index (χ0v) is 20.8. The summed E-state index contributed by atoms with van der Waals surface area (Å²) in [5.74, 6) is 0.318. The highest BCUT2D eigenvalue weighted by Crippen LogP contribution is 2.33. The molecule has 0 bridgehead atoms. The maximum Gasteiger partial charge on any atom is 0.339 e. The van der Waals surface area contributed by atoms with Crippen LogP contribution in [0.2, 0.25) is 10.0 Å². The first-order valence-corrected chi connectivity index (χ1v) is 12.8. The third-order valence-corrected chi connectivity index (χ3v) is 7.05. The maximum absolute atomic E-state index is 12.5. The molecule has 0 radical (unpaired) electrons. The van der Waals surface area contributed by atoms with Gasteiger partial charge in [0.2, 0.25) is 5.13 Å². The SMILES string of the molecule is COc1cc(/C=N/Nc2nc(-c3ccc(Cl)cc3Cl)cs2)ccc1OS(=O)(=O)c1ccccc1. The van der Waals surface area contributed by atoms with Crippen LogP contribution >= 0.6 is 34.5 Å². The fraction of sp³-hybridized carbons (Fsp3) is 0.0435. The summed E-state index contributed by atoms with van der Waals surface area (Å²) in [4.78, 5) is 4.52. The molecule has 1 aromatic heterocycles.